The topological polar surface area (TPSA) is 88.0 Å². The molecule has 3 aromatic carbocycles. The van der Waals surface area contributed by atoms with Crippen LogP contribution in [0.4, 0.5) is 11.4 Å². The van der Waals surface area contributed by atoms with E-state index in [2.05, 4.69) is 55.1 Å². The molecule has 0 radical (unpaired) electrons. The zero-order valence-corrected chi connectivity index (χ0v) is 21.0. The number of amides is 1. The molecule has 3 heterocycles. The molecule has 0 aliphatic carbocycles. The number of benzene rings is 3. The lowest BCUT2D eigenvalue weighted by Gasteiger charge is -2.28. The van der Waals surface area contributed by atoms with Gasteiger partial charge < -0.3 is 10.6 Å². The summed E-state index contributed by atoms with van der Waals surface area (Å²) in [4.78, 5) is 19.8. The third kappa shape index (κ3) is 5.40. The molecule has 0 bridgehead atoms. The van der Waals surface area contributed by atoms with Gasteiger partial charge in [0.25, 0.3) is 5.91 Å². The Hall–Kier alpha value is -4.56. The molecule has 2 aromatic heterocycles. The van der Waals surface area contributed by atoms with Crippen LogP contribution < -0.4 is 10.6 Å². The maximum atomic E-state index is 12.9. The van der Waals surface area contributed by atoms with Gasteiger partial charge in [0, 0.05) is 31.2 Å². The molecule has 5 aromatic rings. The Kier molecular flexibility index (Phi) is 6.78. The number of carbonyl (C=O) groups is 1. The summed E-state index contributed by atoms with van der Waals surface area (Å²) in [6, 6.07) is 25.9. The SMILES string of the molecule is O=C(Nc1ccccc1NCc1cn(CCN2CCc3ccccc3C2)nn1)c1cnc2ccccc2c1. The molecular weight excluding hydrogens is 474 g/mol. The van der Waals surface area contributed by atoms with Crippen LogP contribution in [0.3, 0.4) is 0 Å². The monoisotopic (exact) mass is 503 g/mol. The summed E-state index contributed by atoms with van der Waals surface area (Å²) in [7, 11) is 0. The van der Waals surface area contributed by atoms with Gasteiger partial charge in [-0.25, -0.2) is 0 Å². The molecule has 190 valence electrons. The molecule has 0 fully saturated rings. The molecule has 8 heteroatoms. The van der Waals surface area contributed by atoms with Crippen molar-refractivity contribution in [2.45, 2.75) is 26.1 Å². The van der Waals surface area contributed by atoms with Crippen LogP contribution in [0.1, 0.15) is 27.2 Å². The minimum atomic E-state index is -0.205. The Bertz CT molecular complexity index is 1580. The summed E-state index contributed by atoms with van der Waals surface area (Å²) in [5.41, 5.74) is 6.61. The van der Waals surface area contributed by atoms with E-state index < -0.39 is 0 Å². The van der Waals surface area contributed by atoms with Crippen molar-refractivity contribution in [1.29, 1.82) is 0 Å². The molecule has 0 saturated heterocycles. The first kappa shape index (κ1) is 23.8. The molecule has 0 unspecified atom stereocenters. The van der Waals surface area contributed by atoms with Gasteiger partial charge in [0.15, 0.2) is 0 Å². The van der Waals surface area contributed by atoms with E-state index in [-0.39, 0.29) is 5.91 Å². The summed E-state index contributed by atoms with van der Waals surface area (Å²) in [5.74, 6) is -0.205. The van der Waals surface area contributed by atoms with Gasteiger partial charge in [-0.1, -0.05) is 59.8 Å². The quantitative estimate of drug-likeness (QED) is 0.318. The third-order valence-corrected chi connectivity index (χ3v) is 6.93. The molecule has 0 spiro atoms. The number of hydrogen-bond acceptors (Lipinski definition) is 6. The first-order valence-electron chi connectivity index (χ1n) is 12.9. The first-order valence-corrected chi connectivity index (χ1v) is 12.9. The van der Waals surface area contributed by atoms with Crippen molar-refractivity contribution in [3.8, 4) is 0 Å². The largest absolute Gasteiger partial charge is 0.378 e. The van der Waals surface area contributed by atoms with Gasteiger partial charge in [-0.15, -0.1) is 5.10 Å². The summed E-state index contributed by atoms with van der Waals surface area (Å²) >= 11 is 0. The van der Waals surface area contributed by atoms with Crippen LogP contribution in [0.25, 0.3) is 10.9 Å². The zero-order valence-electron chi connectivity index (χ0n) is 21.0. The minimum absolute atomic E-state index is 0.205. The van der Waals surface area contributed by atoms with E-state index >= 15 is 0 Å². The van der Waals surface area contributed by atoms with E-state index in [4.69, 9.17) is 0 Å². The molecule has 1 aliphatic heterocycles. The second kappa shape index (κ2) is 10.8. The summed E-state index contributed by atoms with van der Waals surface area (Å²) < 4.78 is 1.90. The van der Waals surface area contributed by atoms with Crippen molar-refractivity contribution >= 4 is 28.2 Å². The van der Waals surface area contributed by atoms with Gasteiger partial charge in [-0.2, -0.15) is 0 Å². The van der Waals surface area contributed by atoms with E-state index in [1.165, 1.54) is 11.1 Å². The normalized spacial score (nSPS) is 13.3. The Labute approximate surface area is 221 Å². The van der Waals surface area contributed by atoms with E-state index in [0.29, 0.717) is 17.8 Å². The highest BCUT2D eigenvalue weighted by molar-refractivity contribution is 6.07. The highest BCUT2D eigenvalue weighted by atomic mass is 16.1. The molecule has 1 amide bonds. The number of nitrogens with one attached hydrogen (secondary N) is 2. The van der Waals surface area contributed by atoms with E-state index in [1.54, 1.807) is 6.20 Å². The number of rotatable bonds is 8. The maximum absolute atomic E-state index is 12.9. The second-order valence-electron chi connectivity index (χ2n) is 9.54. The van der Waals surface area contributed by atoms with Gasteiger partial charge in [0.2, 0.25) is 0 Å². The Morgan fingerprint density at radius 2 is 1.68 bits per heavy atom. The van der Waals surface area contributed by atoms with Crippen LogP contribution in [0.5, 0.6) is 0 Å². The summed E-state index contributed by atoms with van der Waals surface area (Å²) in [5, 5.41) is 16.0. The van der Waals surface area contributed by atoms with Crippen molar-refractivity contribution in [3.63, 3.8) is 0 Å². The number of nitrogens with zero attached hydrogens (tertiary/aromatic N) is 5. The second-order valence-corrected chi connectivity index (χ2v) is 9.54. The van der Waals surface area contributed by atoms with Crippen LogP contribution in [0.15, 0.2) is 91.3 Å². The fourth-order valence-electron chi connectivity index (χ4n) is 4.84. The van der Waals surface area contributed by atoms with Crippen molar-refractivity contribution in [3.05, 3.63) is 114 Å². The van der Waals surface area contributed by atoms with Crippen molar-refractivity contribution in [1.82, 2.24) is 24.9 Å². The lowest BCUT2D eigenvalue weighted by molar-refractivity contribution is 0.102. The van der Waals surface area contributed by atoms with Crippen LogP contribution >= 0.6 is 0 Å². The fourth-order valence-corrected chi connectivity index (χ4v) is 4.84. The van der Waals surface area contributed by atoms with E-state index in [1.807, 2.05) is 65.5 Å². The number of para-hydroxylation sites is 3. The summed E-state index contributed by atoms with van der Waals surface area (Å²) in [6.07, 6.45) is 4.68. The Morgan fingerprint density at radius 1 is 0.895 bits per heavy atom. The fraction of sp³-hybridized carbons (Fsp3) is 0.200. The van der Waals surface area contributed by atoms with Gasteiger partial charge in [-0.3, -0.25) is 19.4 Å². The number of aromatic nitrogens is 4. The predicted molar refractivity (Wildman–Crippen MR) is 149 cm³/mol. The molecule has 0 saturated carbocycles. The molecule has 38 heavy (non-hydrogen) atoms. The molecular formula is C30H29N7O. The average molecular weight is 504 g/mol. The first-order chi connectivity index (χ1) is 18.7. The third-order valence-electron chi connectivity index (χ3n) is 6.93. The number of carbonyl (C=O) groups excluding carboxylic acids is 1. The van der Waals surface area contributed by atoms with E-state index in [9.17, 15) is 4.79 Å². The molecule has 1 aliphatic rings. The Balaban J connectivity index is 1.05. The van der Waals surface area contributed by atoms with Gasteiger partial charge in [0.05, 0.1) is 41.7 Å². The number of pyridine rings is 1. The molecule has 2 N–H and O–H groups in total. The van der Waals surface area contributed by atoms with Crippen LogP contribution in [-0.2, 0) is 26.1 Å². The van der Waals surface area contributed by atoms with Crippen molar-refractivity contribution < 1.29 is 4.79 Å². The van der Waals surface area contributed by atoms with Crippen LogP contribution in [0, 0.1) is 0 Å². The number of hydrogen-bond donors (Lipinski definition) is 2. The molecule has 8 nitrogen and oxygen atoms in total. The van der Waals surface area contributed by atoms with Crippen molar-refractivity contribution in [2.75, 3.05) is 23.7 Å². The lowest BCUT2D eigenvalue weighted by Crippen LogP contribution is -2.33. The maximum Gasteiger partial charge on any atom is 0.257 e. The van der Waals surface area contributed by atoms with Gasteiger partial charge in [0.1, 0.15) is 5.69 Å². The Morgan fingerprint density at radius 3 is 2.61 bits per heavy atom. The summed E-state index contributed by atoms with van der Waals surface area (Å²) in [6.45, 7) is 4.28. The molecule has 6 rings (SSSR count). The van der Waals surface area contributed by atoms with Gasteiger partial charge in [-0.05, 0) is 41.8 Å². The number of anilines is 2. The smallest absolute Gasteiger partial charge is 0.257 e. The van der Waals surface area contributed by atoms with Gasteiger partial charge >= 0.3 is 0 Å². The van der Waals surface area contributed by atoms with Crippen molar-refractivity contribution in [2.24, 2.45) is 0 Å². The predicted octanol–water partition coefficient (Wildman–Crippen LogP) is 4.75. The van der Waals surface area contributed by atoms with Crippen LogP contribution in [-0.4, -0.2) is 43.9 Å². The standard InChI is InChI=1S/C30H29N7O/c38-30(25-17-23-8-3-4-10-27(23)31-18-25)33-29-12-6-5-11-28(29)32-19-26-21-37(35-34-26)16-15-36-14-13-22-7-1-2-9-24(22)20-36/h1-12,17-18,21,32H,13-16,19-20H2,(H,33,38). The van der Waals surface area contributed by atoms with E-state index in [0.717, 1.165) is 54.9 Å². The zero-order chi connectivity index (χ0) is 25.7. The molecule has 0 atom stereocenters. The highest BCUT2D eigenvalue weighted by Crippen LogP contribution is 2.23. The average Bonchev–Trinajstić information content (AvgIpc) is 3.43. The number of fused-ring (bicyclic) bond motifs is 2. The highest BCUT2D eigenvalue weighted by Gasteiger charge is 2.16. The minimum Gasteiger partial charge on any atom is -0.378 e. The lowest BCUT2D eigenvalue weighted by atomic mass is 10.00. The van der Waals surface area contributed by atoms with Crippen LogP contribution in [0.2, 0.25) is 0 Å².